The molecule has 0 aliphatic heterocycles. The minimum Gasteiger partial charge on any atom is -0.450 e. The second-order valence-electron chi connectivity index (χ2n) is 5.48. The Labute approximate surface area is 108 Å². The number of carbonyl (C=O) groups is 1. The van der Waals surface area contributed by atoms with Gasteiger partial charge in [-0.2, -0.15) is 0 Å². The van der Waals surface area contributed by atoms with E-state index in [1.54, 1.807) is 0 Å². The molecule has 1 aliphatic carbocycles. The highest BCUT2D eigenvalue weighted by atomic mass is 32.2. The molecule has 1 aliphatic rings. The molecular formula is C13H23NO2S. The van der Waals surface area contributed by atoms with Crippen LogP contribution in [0.1, 0.15) is 46.5 Å². The summed E-state index contributed by atoms with van der Waals surface area (Å²) < 4.78 is 5.34. The first-order chi connectivity index (χ1) is 7.87. The van der Waals surface area contributed by atoms with Crippen LogP contribution >= 0.6 is 11.8 Å². The van der Waals surface area contributed by atoms with Gasteiger partial charge in [0, 0.05) is 10.8 Å². The summed E-state index contributed by atoms with van der Waals surface area (Å²) in [5, 5.41) is -0.183. The van der Waals surface area contributed by atoms with Gasteiger partial charge in [0.2, 0.25) is 0 Å². The van der Waals surface area contributed by atoms with Gasteiger partial charge in [-0.3, -0.25) is 0 Å². The summed E-state index contributed by atoms with van der Waals surface area (Å²) in [5.74, 6) is 0. The van der Waals surface area contributed by atoms with E-state index in [1.807, 2.05) is 32.9 Å². The number of hydrogen-bond acceptors (Lipinski definition) is 4. The lowest BCUT2D eigenvalue weighted by Crippen LogP contribution is -2.23. The smallest absolute Gasteiger partial charge is 0.368 e. The second kappa shape index (κ2) is 6.45. The summed E-state index contributed by atoms with van der Waals surface area (Å²) in [7, 11) is 0. The van der Waals surface area contributed by atoms with Crippen molar-refractivity contribution in [2.24, 2.45) is 5.73 Å². The lowest BCUT2D eigenvalue weighted by Gasteiger charge is -2.21. The van der Waals surface area contributed by atoms with Gasteiger partial charge in [-0.1, -0.05) is 26.8 Å². The minimum atomic E-state index is -0.183. The average Bonchev–Trinajstić information content (AvgIpc) is 2.10. The number of rotatable bonds is 1. The molecule has 0 spiro atoms. The van der Waals surface area contributed by atoms with Gasteiger partial charge in [0.05, 0.1) is 0 Å². The van der Waals surface area contributed by atoms with E-state index in [4.69, 9.17) is 10.5 Å². The fourth-order valence-corrected chi connectivity index (χ4v) is 2.37. The highest BCUT2D eigenvalue weighted by Crippen LogP contribution is 2.26. The molecule has 4 heteroatoms. The Kier molecular flexibility index (Phi) is 5.53. The van der Waals surface area contributed by atoms with Crippen LogP contribution in [0.3, 0.4) is 0 Å². The van der Waals surface area contributed by atoms with Gasteiger partial charge in [0.15, 0.2) is 0 Å². The molecule has 0 aromatic rings. The Bertz CT molecular complexity index is 284. The van der Waals surface area contributed by atoms with Crippen LogP contribution < -0.4 is 5.73 Å². The van der Waals surface area contributed by atoms with Crippen LogP contribution in [0.15, 0.2) is 12.2 Å². The molecule has 3 nitrogen and oxygen atoms in total. The molecule has 1 unspecified atom stereocenters. The van der Waals surface area contributed by atoms with E-state index in [0.717, 1.165) is 25.7 Å². The maximum atomic E-state index is 11.7. The second-order valence-corrected chi connectivity index (χ2v) is 7.24. The molecule has 0 saturated carbocycles. The molecule has 17 heavy (non-hydrogen) atoms. The Hall–Kier alpha value is -0.480. The van der Waals surface area contributed by atoms with Crippen molar-refractivity contribution >= 4 is 17.1 Å². The number of ether oxygens (including phenoxy) is 1. The van der Waals surface area contributed by atoms with Gasteiger partial charge in [0.1, 0.15) is 6.10 Å². The Morgan fingerprint density at radius 1 is 1.41 bits per heavy atom. The van der Waals surface area contributed by atoms with Crippen LogP contribution in [0, 0.1) is 0 Å². The summed E-state index contributed by atoms with van der Waals surface area (Å²) in [6.07, 6.45) is 7.70. The number of thioether (sulfide) groups is 1. The molecule has 98 valence electrons. The molecular weight excluding hydrogens is 234 g/mol. The molecule has 0 saturated heterocycles. The number of nitrogens with two attached hydrogens (primary N) is 1. The average molecular weight is 257 g/mol. The van der Waals surface area contributed by atoms with E-state index in [0.29, 0.717) is 0 Å². The summed E-state index contributed by atoms with van der Waals surface area (Å²) in [5.41, 5.74) is 5.87. The third-order valence-corrected chi connectivity index (χ3v) is 3.37. The predicted octanol–water partition coefficient (Wildman–Crippen LogP) is 3.48. The first-order valence-corrected chi connectivity index (χ1v) is 7.00. The maximum Gasteiger partial charge on any atom is 0.368 e. The predicted molar refractivity (Wildman–Crippen MR) is 73.2 cm³/mol. The van der Waals surface area contributed by atoms with Crippen LogP contribution in [-0.4, -0.2) is 22.2 Å². The van der Waals surface area contributed by atoms with Gasteiger partial charge in [-0.15, -0.1) is 0 Å². The highest BCUT2D eigenvalue weighted by Gasteiger charge is 2.21. The van der Waals surface area contributed by atoms with Gasteiger partial charge >= 0.3 is 5.30 Å². The molecule has 0 aromatic heterocycles. The third kappa shape index (κ3) is 6.74. The Morgan fingerprint density at radius 3 is 2.76 bits per heavy atom. The zero-order valence-corrected chi connectivity index (χ0v) is 11.8. The SMILES string of the molecule is CC(C)(C)SC(=O)OC1/C=C/C[C@@H](N)CCC1. The van der Waals surface area contributed by atoms with Crippen LogP contribution in [0.4, 0.5) is 4.79 Å². The van der Waals surface area contributed by atoms with Crippen molar-refractivity contribution in [3.05, 3.63) is 12.2 Å². The normalized spacial score (nSPS) is 28.0. The van der Waals surface area contributed by atoms with Gasteiger partial charge in [-0.25, -0.2) is 4.79 Å². The molecule has 0 amide bonds. The lowest BCUT2D eigenvalue weighted by molar-refractivity contribution is 0.139. The van der Waals surface area contributed by atoms with E-state index in [9.17, 15) is 4.79 Å². The van der Waals surface area contributed by atoms with Gasteiger partial charge in [-0.05, 0) is 43.5 Å². The Morgan fingerprint density at radius 2 is 2.12 bits per heavy atom. The van der Waals surface area contributed by atoms with E-state index >= 15 is 0 Å². The molecule has 0 fully saturated rings. The minimum absolute atomic E-state index is 0.0788. The Balaban J connectivity index is 2.42. The van der Waals surface area contributed by atoms with Crippen molar-refractivity contribution in [3.8, 4) is 0 Å². The van der Waals surface area contributed by atoms with Crippen molar-refractivity contribution in [2.45, 2.75) is 63.3 Å². The monoisotopic (exact) mass is 257 g/mol. The zero-order chi connectivity index (χ0) is 12.9. The van der Waals surface area contributed by atoms with Crippen LogP contribution in [0.25, 0.3) is 0 Å². The van der Waals surface area contributed by atoms with Gasteiger partial charge in [0.25, 0.3) is 0 Å². The maximum absolute atomic E-state index is 11.7. The highest BCUT2D eigenvalue weighted by molar-refractivity contribution is 8.14. The van der Waals surface area contributed by atoms with Crippen LogP contribution in [0.2, 0.25) is 0 Å². The first kappa shape index (κ1) is 14.6. The molecule has 0 aromatic carbocycles. The molecule has 1 rings (SSSR count). The van der Waals surface area contributed by atoms with Crippen molar-refractivity contribution in [1.82, 2.24) is 0 Å². The number of hydrogen-bond donors (Lipinski definition) is 1. The molecule has 0 heterocycles. The lowest BCUT2D eigenvalue weighted by atomic mass is 10.0. The standard InChI is InChI=1S/C13H23NO2S/c1-13(2,3)17-12(15)16-11-8-4-6-10(14)7-5-9-11/h4,8,10-11H,5-7,9,14H2,1-3H3/b8-4+/t10-,11?/m1/s1. The van der Waals surface area contributed by atoms with Crippen molar-refractivity contribution < 1.29 is 9.53 Å². The zero-order valence-electron chi connectivity index (χ0n) is 10.9. The van der Waals surface area contributed by atoms with Gasteiger partial charge < -0.3 is 10.5 Å². The van der Waals surface area contributed by atoms with E-state index < -0.39 is 0 Å². The van der Waals surface area contributed by atoms with Crippen LogP contribution in [0.5, 0.6) is 0 Å². The van der Waals surface area contributed by atoms with Crippen molar-refractivity contribution in [1.29, 1.82) is 0 Å². The van der Waals surface area contributed by atoms with Crippen LogP contribution in [-0.2, 0) is 4.74 Å². The van der Waals surface area contributed by atoms with E-state index in [2.05, 4.69) is 0 Å². The summed E-state index contributed by atoms with van der Waals surface area (Å²) in [4.78, 5) is 11.7. The molecule has 2 N–H and O–H groups in total. The fourth-order valence-electron chi connectivity index (χ4n) is 1.70. The number of carbonyl (C=O) groups excluding carboxylic acids is 1. The van der Waals surface area contributed by atoms with E-state index in [1.165, 1.54) is 11.8 Å². The third-order valence-electron chi connectivity index (χ3n) is 2.49. The quantitative estimate of drug-likeness (QED) is 0.577. The fraction of sp³-hybridized carbons (Fsp3) is 0.769. The topological polar surface area (TPSA) is 52.3 Å². The molecule has 0 radical (unpaired) electrons. The summed E-state index contributed by atoms with van der Waals surface area (Å²) in [6, 6.07) is 0.256. The van der Waals surface area contributed by atoms with Crippen molar-refractivity contribution in [3.63, 3.8) is 0 Å². The first-order valence-electron chi connectivity index (χ1n) is 6.19. The summed E-state index contributed by atoms with van der Waals surface area (Å²) >= 11 is 1.24. The molecule has 2 atom stereocenters. The largest absolute Gasteiger partial charge is 0.450 e. The van der Waals surface area contributed by atoms with Crippen molar-refractivity contribution in [2.75, 3.05) is 0 Å². The molecule has 0 bridgehead atoms. The van der Waals surface area contributed by atoms with E-state index in [-0.39, 0.29) is 22.2 Å². The summed E-state index contributed by atoms with van der Waals surface area (Å²) in [6.45, 7) is 6.02.